The van der Waals surface area contributed by atoms with E-state index in [2.05, 4.69) is 16.7 Å². The van der Waals surface area contributed by atoms with Gasteiger partial charge in [-0.05, 0) is 55.8 Å². The molecule has 6 nitrogen and oxygen atoms in total. The number of nitrogens with zero attached hydrogens (tertiary/aromatic N) is 3. The van der Waals surface area contributed by atoms with Crippen molar-refractivity contribution in [2.24, 2.45) is 0 Å². The molecule has 0 atom stereocenters. The maximum atomic E-state index is 13.7. The fraction of sp³-hybridized carbons (Fsp3) is 0.360. The second-order valence-corrected chi connectivity index (χ2v) is 8.42. The van der Waals surface area contributed by atoms with Crippen molar-refractivity contribution in [3.8, 4) is 5.75 Å². The van der Waals surface area contributed by atoms with Gasteiger partial charge < -0.3 is 14.5 Å². The Morgan fingerprint density at radius 3 is 2.25 bits per heavy atom. The van der Waals surface area contributed by atoms with Crippen LogP contribution < -0.4 is 9.64 Å². The van der Waals surface area contributed by atoms with Gasteiger partial charge in [-0.25, -0.2) is 4.90 Å². The maximum Gasteiger partial charge on any atom is 0.282 e. The number of aryl methyl sites for hydroxylation is 1. The molecule has 2 aromatic carbocycles. The molecule has 1 fully saturated rings. The molecular formula is C25H28ClN3O3. The predicted octanol–water partition coefficient (Wildman–Crippen LogP) is 3.97. The third-order valence-corrected chi connectivity index (χ3v) is 6.30. The van der Waals surface area contributed by atoms with Gasteiger partial charge in [-0.1, -0.05) is 36.7 Å². The number of halogens is 1. The minimum absolute atomic E-state index is 0.297. The monoisotopic (exact) mass is 453 g/mol. The largest absolute Gasteiger partial charge is 0.494 e. The molecule has 4 rings (SSSR count). The van der Waals surface area contributed by atoms with E-state index in [1.54, 1.807) is 12.1 Å². The zero-order valence-electron chi connectivity index (χ0n) is 18.7. The summed E-state index contributed by atoms with van der Waals surface area (Å²) in [5.41, 5.74) is 2.95. The number of anilines is 1. The van der Waals surface area contributed by atoms with Crippen LogP contribution in [-0.2, 0) is 9.59 Å². The minimum Gasteiger partial charge on any atom is -0.494 e. The normalized spacial score (nSPS) is 17.5. The van der Waals surface area contributed by atoms with Gasteiger partial charge in [-0.2, -0.15) is 0 Å². The van der Waals surface area contributed by atoms with Crippen molar-refractivity contribution in [3.05, 3.63) is 64.3 Å². The van der Waals surface area contributed by atoms with Gasteiger partial charge in [0, 0.05) is 31.2 Å². The van der Waals surface area contributed by atoms with Gasteiger partial charge >= 0.3 is 0 Å². The lowest BCUT2D eigenvalue weighted by Crippen LogP contribution is -2.47. The first kappa shape index (κ1) is 22.4. The lowest BCUT2D eigenvalue weighted by Gasteiger charge is -2.36. The highest BCUT2D eigenvalue weighted by molar-refractivity contribution is 6.45. The molecule has 0 N–H and O–H groups in total. The summed E-state index contributed by atoms with van der Waals surface area (Å²) in [6, 6.07) is 12.6. The Hall–Kier alpha value is -2.83. The number of likely N-dealkylation sites (N-methyl/N-ethyl adjacent to an activating group) is 1. The van der Waals surface area contributed by atoms with Crippen molar-refractivity contribution in [3.63, 3.8) is 0 Å². The number of benzene rings is 2. The molecule has 2 heterocycles. The van der Waals surface area contributed by atoms with Crippen LogP contribution in [0.5, 0.6) is 5.75 Å². The van der Waals surface area contributed by atoms with Crippen LogP contribution in [0.4, 0.5) is 5.69 Å². The lowest BCUT2D eigenvalue weighted by atomic mass is 10.0. The molecule has 0 unspecified atom stereocenters. The standard InChI is InChI=1S/C25H28ClN3O3/c1-4-27-12-14-28(15-13-27)23-22(18-7-10-20(11-8-18)32-5-2)24(30)29(25(23)31)21-16-19(26)9-6-17(21)3/h6-11,16H,4-5,12-15H2,1-3H3. The van der Waals surface area contributed by atoms with E-state index in [1.807, 2.05) is 44.2 Å². The summed E-state index contributed by atoms with van der Waals surface area (Å²) in [5.74, 6) is 0.112. The number of carbonyl (C=O) groups is 2. The van der Waals surface area contributed by atoms with Crippen LogP contribution in [0.2, 0.25) is 5.02 Å². The average Bonchev–Trinajstić information content (AvgIpc) is 3.06. The molecule has 2 aromatic rings. The Morgan fingerprint density at radius 2 is 1.62 bits per heavy atom. The first-order chi connectivity index (χ1) is 15.4. The summed E-state index contributed by atoms with van der Waals surface area (Å²) in [7, 11) is 0. The van der Waals surface area contributed by atoms with Crippen molar-refractivity contribution in [1.82, 2.24) is 9.80 Å². The molecule has 1 saturated heterocycles. The Balaban J connectivity index is 1.78. The smallest absolute Gasteiger partial charge is 0.282 e. The highest BCUT2D eigenvalue weighted by atomic mass is 35.5. The van der Waals surface area contributed by atoms with E-state index in [1.165, 1.54) is 4.90 Å². The second-order valence-electron chi connectivity index (χ2n) is 7.98. The number of ether oxygens (including phenoxy) is 1. The summed E-state index contributed by atoms with van der Waals surface area (Å²) in [4.78, 5) is 33.1. The topological polar surface area (TPSA) is 53.1 Å². The van der Waals surface area contributed by atoms with Gasteiger partial charge in [0.15, 0.2) is 0 Å². The Morgan fingerprint density at radius 1 is 0.938 bits per heavy atom. The van der Waals surface area contributed by atoms with E-state index in [9.17, 15) is 9.59 Å². The first-order valence-electron chi connectivity index (χ1n) is 11.0. The maximum absolute atomic E-state index is 13.7. The molecule has 2 aliphatic heterocycles. The highest BCUT2D eigenvalue weighted by Gasteiger charge is 2.43. The Bertz CT molecular complexity index is 1060. The molecule has 32 heavy (non-hydrogen) atoms. The fourth-order valence-corrected chi connectivity index (χ4v) is 4.45. The Kier molecular flexibility index (Phi) is 6.53. The quantitative estimate of drug-likeness (QED) is 0.619. The number of amides is 2. The molecular weight excluding hydrogens is 426 g/mol. The summed E-state index contributed by atoms with van der Waals surface area (Å²) in [6.07, 6.45) is 0. The van der Waals surface area contributed by atoms with Gasteiger partial charge in [0.2, 0.25) is 0 Å². The van der Waals surface area contributed by atoms with Crippen molar-refractivity contribution in [2.45, 2.75) is 20.8 Å². The van der Waals surface area contributed by atoms with Gasteiger partial charge in [0.25, 0.3) is 11.8 Å². The molecule has 0 bridgehead atoms. The summed E-state index contributed by atoms with van der Waals surface area (Å²) >= 11 is 6.22. The van der Waals surface area contributed by atoms with Gasteiger partial charge in [-0.15, -0.1) is 0 Å². The molecule has 168 valence electrons. The predicted molar refractivity (Wildman–Crippen MR) is 127 cm³/mol. The summed E-state index contributed by atoms with van der Waals surface area (Å²) in [6.45, 7) is 10.6. The highest BCUT2D eigenvalue weighted by Crippen LogP contribution is 2.37. The number of carbonyl (C=O) groups excluding carboxylic acids is 2. The van der Waals surface area contributed by atoms with Crippen LogP contribution in [0.3, 0.4) is 0 Å². The van der Waals surface area contributed by atoms with Crippen molar-refractivity contribution in [2.75, 3.05) is 44.2 Å². The average molecular weight is 454 g/mol. The zero-order valence-corrected chi connectivity index (χ0v) is 19.5. The molecule has 2 amide bonds. The van der Waals surface area contributed by atoms with E-state index in [0.29, 0.717) is 47.2 Å². The van der Waals surface area contributed by atoms with Gasteiger partial charge in [0.05, 0.1) is 17.9 Å². The van der Waals surface area contributed by atoms with Crippen molar-refractivity contribution < 1.29 is 14.3 Å². The van der Waals surface area contributed by atoms with Gasteiger partial charge in [-0.3, -0.25) is 9.59 Å². The van der Waals surface area contributed by atoms with Crippen LogP contribution >= 0.6 is 11.6 Å². The number of piperazine rings is 1. The SMILES string of the molecule is CCOc1ccc(C2=C(N3CCN(CC)CC3)C(=O)N(c3cc(Cl)ccc3C)C2=O)cc1. The Labute approximate surface area is 194 Å². The van der Waals surface area contributed by atoms with E-state index in [0.717, 1.165) is 30.9 Å². The third-order valence-electron chi connectivity index (χ3n) is 6.06. The number of hydrogen-bond acceptors (Lipinski definition) is 5. The van der Waals surface area contributed by atoms with Crippen LogP contribution in [-0.4, -0.2) is 60.9 Å². The molecule has 0 radical (unpaired) electrons. The lowest BCUT2D eigenvalue weighted by molar-refractivity contribution is -0.120. The van der Waals surface area contributed by atoms with Crippen LogP contribution in [0, 0.1) is 6.92 Å². The number of rotatable bonds is 6. The summed E-state index contributed by atoms with van der Waals surface area (Å²) in [5, 5.41) is 0.485. The van der Waals surface area contributed by atoms with Crippen LogP contribution in [0.25, 0.3) is 5.57 Å². The van der Waals surface area contributed by atoms with E-state index in [4.69, 9.17) is 16.3 Å². The van der Waals surface area contributed by atoms with Crippen molar-refractivity contribution in [1.29, 1.82) is 0 Å². The first-order valence-corrected chi connectivity index (χ1v) is 11.4. The van der Waals surface area contributed by atoms with Crippen LogP contribution in [0.15, 0.2) is 48.2 Å². The molecule has 0 spiro atoms. The fourth-order valence-electron chi connectivity index (χ4n) is 4.29. The van der Waals surface area contributed by atoms with Gasteiger partial charge in [0.1, 0.15) is 11.4 Å². The second kappa shape index (κ2) is 9.35. The van der Waals surface area contributed by atoms with E-state index in [-0.39, 0.29) is 11.8 Å². The molecule has 7 heteroatoms. The number of imide groups is 1. The van der Waals surface area contributed by atoms with Crippen LogP contribution in [0.1, 0.15) is 25.0 Å². The molecule has 2 aliphatic rings. The van der Waals surface area contributed by atoms with E-state index < -0.39 is 0 Å². The minimum atomic E-state index is -0.322. The summed E-state index contributed by atoms with van der Waals surface area (Å²) < 4.78 is 5.55. The molecule has 0 saturated carbocycles. The molecule has 0 aliphatic carbocycles. The van der Waals surface area contributed by atoms with E-state index >= 15 is 0 Å². The number of hydrogen-bond donors (Lipinski definition) is 0. The van der Waals surface area contributed by atoms with Crippen molar-refractivity contribution >= 4 is 34.7 Å². The third kappa shape index (κ3) is 4.12. The molecule has 0 aromatic heterocycles. The zero-order chi connectivity index (χ0) is 22.8.